The molecule has 0 aliphatic carbocycles. The van der Waals surface area contributed by atoms with Gasteiger partial charge in [-0.15, -0.1) is 0 Å². The summed E-state index contributed by atoms with van der Waals surface area (Å²) in [5.41, 5.74) is 2.64. The third-order valence-corrected chi connectivity index (χ3v) is 8.70. The van der Waals surface area contributed by atoms with Gasteiger partial charge in [0.25, 0.3) is 0 Å². The lowest BCUT2D eigenvalue weighted by molar-refractivity contribution is -0.115. The van der Waals surface area contributed by atoms with Gasteiger partial charge < -0.3 is 10.2 Å². The molecule has 0 saturated carbocycles. The van der Waals surface area contributed by atoms with Crippen molar-refractivity contribution in [1.82, 2.24) is 14.5 Å². The lowest BCUT2D eigenvalue weighted by Crippen LogP contribution is -2.60. The number of hydrogen-bond donors (Lipinski definition) is 2. The van der Waals surface area contributed by atoms with Gasteiger partial charge in [0.15, 0.2) is 0 Å². The zero-order chi connectivity index (χ0) is 23.6. The number of nitrogens with one attached hydrogen (secondary N) is 2. The average molecular weight is 485 g/mol. The highest BCUT2D eigenvalue weighted by Crippen LogP contribution is 2.35. The minimum atomic E-state index is -3.55. The van der Waals surface area contributed by atoms with Crippen LogP contribution in [-0.2, 0) is 14.8 Å². The fourth-order valence-corrected chi connectivity index (χ4v) is 6.26. The van der Waals surface area contributed by atoms with Gasteiger partial charge in [-0.25, -0.2) is 13.1 Å². The van der Waals surface area contributed by atoms with Crippen LogP contribution in [0, 0.1) is 0 Å². The molecule has 2 saturated heterocycles. The number of piperidine rings is 1. The van der Waals surface area contributed by atoms with Gasteiger partial charge in [-0.05, 0) is 68.1 Å². The maximum absolute atomic E-state index is 12.8. The van der Waals surface area contributed by atoms with Crippen molar-refractivity contribution >= 4 is 33.2 Å². The van der Waals surface area contributed by atoms with Crippen LogP contribution in [0.3, 0.4) is 0 Å². The molecule has 2 aliphatic rings. The van der Waals surface area contributed by atoms with Crippen molar-refractivity contribution in [2.45, 2.75) is 63.7 Å². The molecule has 0 bridgehead atoms. The summed E-state index contributed by atoms with van der Waals surface area (Å²) in [6, 6.07) is 4.28. The molecule has 0 aromatic heterocycles. The summed E-state index contributed by atoms with van der Waals surface area (Å²) >= 11 is 6.29. The molecule has 2 fully saturated rings. The summed E-state index contributed by atoms with van der Waals surface area (Å²) < 4.78 is 28.2. The minimum absolute atomic E-state index is 0.166. The number of carbonyl (C=O) groups excluding carboxylic acids is 1. The van der Waals surface area contributed by atoms with Crippen LogP contribution in [0.2, 0.25) is 5.02 Å². The van der Waals surface area contributed by atoms with Crippen LogP contribution in [0.25, 0.3) is 0 Å². The number of nitrogens with zero attached hydrogens (tertiary/aromatic N) is 2. The normalized spacial score (nSPS) is 19.5. The first-order valence-electron chi connectivity index (χ1n) is 11.5. The summed E-state index contributed by atoms with van der Waals surface area (Å²) in [4.78, 5) is 17.4. The highest BCUT2D eigenvalue weighted by Gasteiger charge is 2.35. The van der Waals surface area contributed by atoms with Crippen molar-refractivity contribution in [1.29, 1.82) is 0 Å². The Labute approximate surface area is 197 Å². The molecule has 1 aromatic carbocycles. The smallest absolute Gasteiger partial charge is 0.239 e. The molecule has 0 radical (unpaired) electrons. The Morgan fingerprint density at radius 1 is 1.09 bits per heavy atom. The van der Waals surface area contributed by atoms with Crippen molar-refractivity contribution in [3.63, 3.8) is 0 Å². The fraction of sp³-hybridized carbons (Fsp3) is 0.696. The van der Waals surface area contributed by atoms with E-state index >= 15 is 0 Å². The number of likely N-dealkylation sites (tertiary alicyclic amines) is 2. The first kappa shape index (κ1) is 25.4. The number of sulfonamides is 1. The molecule has 2 N–H and O–H groups in total. The van der Waals surface area contributed by atoms with E-state index in [1.54, 1.807) is 0 Å². The number of rotatable bonds is 8. The van der Waals surface area contributed by atoms with Crippen LogP contribution < -0.4 is 10.0 Å². The molecule has 0 unspecified atom stereocenters. The Morgan fingerprint density at radius 3 is 2.09 bits per heavy atom. The molecular weight excluding hydrogens is 448 g/mol. The SMILES string of the molecule is CC(C)c1cc(Cl)cc(C(C)C)c1NC(=O)CNS(=O)(=O)C1CCN(C2CN(C)C2)CC1. The van der Waals surface area contributed by atoms with Crippen molar-refractivity contribution in [2.75, 3.05) is 45.1 Å². The van der Waals surface area contributed by atoms with Crippen LogP contribution in [0.4, 0.5) is 5.69 Å². The molecule has 0 atom stereocenters. The van der Waals surface area contributed by atoms with Crippen molar-refractivity contribution in [3.05, 3.63) is 28.3 Å². The van der Waals surface area contributed by atoms with Crippen LogP contribution in [-0.4, -0.2) is 75.2 Å². The second-order valence-corrected chi connectivity index (χ2v) is 12.3. The number of carbonyl (C=O) groups is 1. The Morgan fingerprint density at radius 2 is 1.62 bits per heavy atom. The first-order chi connectivity index (χ1) is 15.0. The van der Waals surface area contributed by atoms with Gasteiger partial charge >= 0.3 is 0 Å². The van der Waals surface area contributed by atoms with Crippen LogP contribution in [0.5, 0.6) is 0 Å². The number of benzene rings is 1. The van der Waals surface area contributed by atoms with E-state index in [1.165, 1.54) is 0 Å². The second-order valence-electron chi connectivity index (χ2n) is 9.79. The van der Waals surface area contributed by atoms with Crippen molar-refractivity contribution < 1.29 is 13.2 Å². The highest BCUT2D eigenvalue weighted by molar-refractivity contribution is 7.90. The molecule has 1 amide bonds. The second kappa shape index (κ2) is 10.4. The zero-order valence-corrected chi connectivity index (χ0v) is 21.4. The van der Waals surface area contributed by atoms with Gasteiger partial charge in [0.05, 0.1) is 11.8 Å². The van der Waals surface area contributed by atoms with E-state index in [1.807, 2.05) is 39.8 Å². The summed E-state index contributed by atoms with van der Waals surface area (Å²) in [7, 11) is -1.45. The predicted molar refractivity (Wildman–Crippen MR) is 131 cm³/mol. The van der Waals surface area contributed by atoms with Gasteiger partial charge in [0, 0.05) is 29.8 Å². The van der Waals surface area contributed by atoms with E-state index in [9.17, 15) is 13.2 Å². The fourth-order valence-electron chi connectivity index (χ4n) is 4.62. The Kier molecular flexibility index (Phi) is 8.25. The maximum Gasteiger partial charge on any atom is 0.239 e. The standard InChI is InChI=1S/C23H37ClN4O3S/c1-15(2)20-10-17(24)11-21(16(3)4)23(20)26-22(29)12-25-32(30,31)19-6-8-28(9-7-19)18-13-27(5)14-18/h10-11,15-16,18-19,25H,6-9,12-14H2,1-5H3,(H,26,29). The Hall–Kier alpha value is -1.19. The van der Waals surface area contributed by atoms with Crippen molar-refractivity contribution in [2.24, 2.45) is 0 Å². The molecule has 2 aliphatic heterocycles. The van der Waals surface area contributed by atoms with Crippen LogP contribution in [0.15, 0.2) is 12.1 Å². The highest BCUT2D eigenvalue weighted by atomic mass is 35.5. The number of hydrogen-bond acceptors (Lipinski definition) is 5. The third-order valence-electron chi connectivity index (χ3n) is 6.58. The molecule has 2 heterocycles. The number of anilines is 1. The molecule has 1 aromatic rings. The average Bonchev–Trinajstić information content (AvgIpc) is 2.70. The molecule has 9 heteroatoms. The molecule has 0 spiro atoms. The molecule has 7 nitrogen and oxygen atoms in total. The van der Waals surface area contributed by atoms with E-state index in [0.717, 1.165) is 43.0 Å². The first-order valence-corrected chi connectivity index (χ1v) is 13.4. The quantitative estimate of drug-likeness (QED) is 0.592. The number of amides is 1. The molecule has 3 rings (SSSR count). The zero-order valence-electron chi connectivity index (χ0n) is 19.8. The van der Waals surface area contributed by atoms with E-state index in [4.69, 9.17) is 11.6 Å². The van der Waals surface area contributed by atoms with Gasteiger partial charge in [0.2, 0.25) is 15.9 Å². The Balaban J connectivity index is 1.59. The largest absolute Gasteiger partial charge is 0.324 e. The molecule has 180 valence electrons. The molecular formula is C23H37ClN4O3S. The van der Waals surface area contributed by atoms with Crippen molar-refractivity contribution in [3.8, 4) is 0 Å². The molecule has 32 heavy (non-hydrogen) atoms. The van der Waals surface area contributed by atoms with Gasteiger partial charge in [-0.1, -0.05) is 39.3 Å². The monoisotopic (exact) mass is 484 g/mol. The topological polar surface area (TPSA) is 81.8 Å². The van der Waals surface area contributed by atoms with E-state index in [2.05, 4.69) is 26.9 Å². The van der Waals surface area contributed by atoms with E-state index in [0.29, 0.717) is 23.9 Å². The van der Waals surface area contributed by atoms with Crippen LogP contribution >= 0.6 is 11.6 Å². The lowest BCUT2D eigenvalue weighted by atomic mass is 9.92. The summed E-state index contributed by atoms with van der Waals surface area (Å²) in [5, 5.41) is 3.14. The lowest BCUT2D eigenvalue weighted by Gasteiger charge is -2.46. The number of halogens is 1. The predicted octanol–water partition coefficient (Wildman–Crippen LogP) is 3.22. The Bertz CT molecular complexity index is 892. The van der Waals surface area contributed by atoms with E-state index < -0.39 is 15.3 Å². The number of likely N-dealkylation sites (N-methyl/N-ethyl adjacent to an activating group) is 1. The van der Waals surface area contributed by atoms with Gasteiger partial charge in [0.1, 0.15) is 0 Å². The summed E-state index contributed by atoms with van der Waals surface area (Å²) in [6.07, 6.45) is 1.20. The third kappa shape index (κ3) is 6.03. The minimum Gasteiger partial charge on any atom is -0.324 e. The summed E-state index contributed by atoms with van der Waals surface area (Å²) in [5.74, 6) is -0.0349. The van der Waals surface area contributed by atoms with Gasteiger partial charge in [-0.2, -0.15) is 0 Å². The van der Waals surface area contributed by atoms with Crippen LogP contribution in [0.1, 0.15) is 63.5 Å². The summed E-state index contributed by atoms with van der Waals surface area (Å²) in [6.45, 7) is 11.6. The van der Waals surface area contributed by atoms with Gasteiger partial charge in [-0.3, -0.25) is 9.69 Å². The maximum atomic E-state index is 12.8. The van der Waals surface area contributed by atoms with E-state index in [-0.39, 0.29) is 24.3 Å².